The minimum atomic E-state index is 0.117. The number of H-pyrrole nitrogens is 1. The molecule has 1 aromatic carbocycles. The Morgan fingerprint density at radius 3 is 2.95 bits per heavy atom. The molecule has 0 bridgehead atoms. The molecule has 21 heavy (non-hydrogen) atoms. The number of benzene rings is 1. The summed E-state index contributed by atoms with van der Waals surface area (Å²) in [7, 11) is 0. The van der Waals surface area contributed by atoms with Gasteiger partial charge in [0, 0.05) is 30.2 Å². The maximum absolute atomic E-state index is 13.0. The molecule has 4 nitrogen and oxygen atoms in total. The van der Waals surface area contributed by atoms with Gasteiger partial charge in [0.2, 0.25) is 0 Å². The molecule has 4 heteroatoms. The molecule has 0 saturated carbocycles. The predicted molar refractivity (Wildman–Crippen MR) is 85.5 cm³/mol. The van der Waals surface area contributed by atoms with Crippen LogP contribution in [0.2, 0.25) is 0 Å². The van der Waals surface area contributed by atoms with Gasteiger partial charge in [0.1, 0.15) is 0 Å². The molecular formula is C17H23N3O. The van der Waals surface area contributed by atoms with E-state index >= 15 is 0 Å². The molecule has 1 fully saturated rings. The Bertz CT molecular complexity index is 626. The number of carbonyl (C=O) groups is 1. The monoisotopic (exact) mass is 285 g/mol. The van der Waals surface area contributed by atoms with Crippen LogP contribution in [0.25, 0.3) is 10.9 Å². The molecule has 1 aromatic heterocycles. The molecule has 1 amide bonds. The number of amides is 1. The van der Waals surface area contributed by atoms with Gasteiger partial charge < -0.3 is 15.2 Å². The van der Waals surface area contributed by atoms with Crippen molar-refractivity contribution in [1.82, 2.24) is 15.2 Å². The van der Waals surface area contributed by atoms with Crippen molar-refractivity contribution in [3.63, 3.8) is 0 Å². The number of aromatic amines is 1. The Morgan fingerprint density at radius 2 is 2.24 bits per heavy atom. The van der Waals surface area contributed by atoms with Crippen molar-refractivity contribution in [1.29, 1.82) is 0 Å². The first-order chi connectivity index (χ1) is 10.2. The summed E-state index contributed by atoms with van der Waals surface area (Å²) in [4.78, 5) is 18.1. The van der Waals surface area contributed by atoms with Crippen LogP contribution in [-0.4, -0.2) is 41.0 Å². The summed E-state index contributed by atoms with van der Waals surface area (Å²) >= 11 is 0. The molecule has 3 rings (SSSR count). The van der Waals surface area contributed by atoms with Crippen molar-refractivity contribution in [3.8, 4) is 0 Å². The van der Waals surface area contributed by atoms with Gasteiger partial charge in [0.25, 0.3) is 5.91 Å². The Morgan fingerprint density at radius 1 is 1.38 bits per heavy atom. The summed E-state index contributed by atoms with van der Waals surface area (Å²) in [5, 5.41) is 4.57. The average Bonchev–Trinajstić information content (AvgIpc) is 3.14. The van der Waals surface area contributed by atoms with Gasteiger partial charge >= 0.3 is 0 Å². The Labute approximate surface area is 125 Å². The number of hydrogen-bond donors (Lipinski definition) is 2. The summed E-state index contributed by atoms with van der Waals surface area (Å²) < 4.78 is 0. The molecule has 112 valence electrons. The predicted octanol–water partition coefficient (Wildman–Crippen LogP) is 2.77. The smallest absolute Gasteiger partial charge is 0.256 e. The molecule has 1 aliphatic heterocycles. The zero-order valence-corrected chi connectivity index (χ0v) is 12.7. The van der Waals surface area contributed by atoms with Crippen LogP contribution in [0.3, 0.4) is 0 Å². The maximum atomic E-state index is 13.0. The Balaban J connectivity index is 1.88. The molecule has 2 aromatic rings. The van der Waals surface area contributed by atoms with E-state index in [1.54, 1.807) is 0 Å². The number of nitrogens with one attached hydrogen (secondary N) is 2. The normalized spacial score (nSPS) is 18.5. The standard InChI is InChI=1S/C17H23N3O/c1-12(2)20(11-14-6-4-9-18-14)17(21)15-7-3-5-13-8-10-19-16(13)15/h3,5,7-8,10,12,14,18-19H,4,6,9,11H2,1-2H3. The lowest BCUT2D eigenvalue weighted by Gasteiger charge is -2.29. The number of nitrogens with zero attached hydrogens (tertiary/aromatic N) is 1. The van der Waals surface area contributed by atoms with E-state index in [1.807, 2.05) is 35.4 Å². The van der Waals surface area contributed by atoms with Gasteiger partial charge in [-0.15, -0.1) is 0 Å². The third-order valence-electron chi connectivity index (χ3n) is 4.28. The Kier molecular flexibility index (Phi) is 3.97. The first kappa shape index (κ1) is 14.1. The van der Waals surface area contributed by atoms with Gasteiger partial charge in [-0.1, -0.05) is 12.1 Å². The molecule has 0 radical (unpaired) electrons. The summed E-state index contributed by atoms with van der Waals surface area (Å²) in [6, 6.07) is 8.53. The van der Waals surface area contributed by atoms with Crippen LogP contribution in [0.15, 0.2) is 30.5 Å². The van der Waals surface area contributed by atoms with Gasteiger partial charge in [-0.05, 0) is 45.4 Å². The summed E-state index contributed by atoms with van der Waals surface area (Å²) in [5.41, 5.74) is 1.71. The van der Waals surface area contributed by atoms with Crippen molar-refractivity contribution < 1.29 is 4.79 Å². The van der Waals surface area contributed by atoms with Crippen molar-refractivity contribution in [2.24, 2.45) is 0 Å². The second-order valence-electron chi connectivity index (χ2n) is 6.09. The fourth-order valence-electron chi connectivity index (χ4n) is 3.10. The fourth-order valence-corrected chi connectivity index (χ4v) is 3.10. The highest BCUT2D eigenvalue weighted by atomic mass is 16.2. The second kappa shape index (κ2) is 5.90. The van der Waals surface area contributed by atoms with Gasteiger partial charge in [-0.25, -0.2) is 0 Å². The van der Waals surface area contributed by atoms with Crippen molar-refractivity contribution >= 4 is 16.8 Å². The molecule has 1 saturated heterocycles. The molecule has 2 N–H and O–H groups in total. The minimum absolute atomic E-state index is 0.117. The third kappa shape index (κ3) is 2.81. The van der Waals surface area contributed by atoms with E-state index in [0.29, 0.717) is 6.04 Å². The molecule has 2 heterocycles. The topological polar surface area (TPSA) is 48.1 Å². The van der Waals surface area contributed by atoms with Gasteiger partial charge in [0.05, 0.1) is 11.1 Å². The molecule has 0 aliphatic carbocycles. The van der Waals surface area contributed by atoms with Crippen LogP contribution in [0.5, 0.6) is 0 Å². The lowest BCUT2D eigenvalue weighted by molar-refractivity contribution is 0.0691. The highest BCUT2D eigenvalue weighted by molar-refractivity contribution is 6.05. The van der Waals surface area contributed by atoms with Crippen molar-refractivity contribution in [3.05, 3.63) is 36.0 Å². The van der Waals surface area contributed by atoms with E-state index in [2.05, 4.69) is 24.1 Å². The van der Waals surface area contributed by atoms with Crippen LogP contribution >= 0.6 is 0 Å². The SMILES string of the molecule is CC(C)N(CC1CCCN1)C(=O)c1cccc2cc[nH]c12. The first-order valence-electron chi connectivity index (χ1n) is 7.77. The van der Waals surface area contributed by atoms with E-state index in [-0.39, 0.29) is 11.9 Å². The lowest BCUT2D eigenvalue weighted by atomic mass is 10.1. The molecule has 1 aliphatic rings. The van der Waals surface area contributed by atoms with Crippen molar-refractivity contribution in [2.45, 2.75) is 38.8 Å². The number of carbonyl (C=O) groups excluding carboxylic acids is 1. The zero-order valence-electron chi connectivity index (χ0n) is 12.7. The molecule has 1 unspecified atom stereocenters. The lowest BCUT2D eigenvalue weighted by Crippen LogP contribution is -2.44. The summed E-state index contributed by atoms with van der Waals surface area (Å²) in [6.45, 7) is 6.02. The Hall–Kier alpha value is -1.81. The number of aromatic nitrogens is 1. The van der Waals surface area contributed by atoms with Gasteiger partial charge in [-0.3, -0.25) is 4.79 Å². The molecule has 0 spiro atoms. The third-order valence-corrected chi connectivity index (χ3v) is 4.28. The number of fused-ring (bicyclic) bond motifs is 1. The number of para-hydroxylation sites is 1. The van der Waals surface area contributed by atoms with Gasteiger partial charge in [-0.2, -0.15) is 0 Å². The molecular weight excluding hydrogens is 262 g/mol. The first-order valence-corrected chi connectivity index (χ1v) is 7.77. The van der Waals surface area contributed by atoms with E-state index in [1.165, 1.54) is 6.42 Å². The summed E-state index contributed by atoms with van der Waals surface area (Å²) in [5.74, 6) is 0.117. The zero-order chi connectivity index (χ0) is 14.8. The van der Waals surface area contributed by atoms with E-state index < -0.39 is 0 Å². The average molecular weight is 285 g/mol. The quantitative estimate of drug-likeness (QED) is 0.907. The van der Waals surface area contributed by atoms with Crippen LogP contribution in [0.1, 0.15) is 37.0 Å². The fraction of sp³-hybridized carbons (Fsp3) is 0.471. The van der Waals surface area contributed by atoms with Crippen molar-refractivity contribution in [2.75, 3.05) is 13.1 Å². The molecule has 1 atom stereocenters. The number of hydrogen-bond acceptors (Lipinski definition) is 2. The van der Waals surface area contributed by atoms with Crippen LogP contribution in [-0.2, 0) is 0 Å². The minimum Gasteiger partial charge on any atom is -0.361 e. The largest absolute Gasteiger partial charge is 0.361 e. The van der Waals surface area contributed by atoms with Gasteiger partial charge in [0.15, 0.2) is 0 Å². The highest BCUT2D eigenvalue weighted by Crippen LogP contribution is 2.20. The van der Waals surface area contributed by atoms with Crippen LogP contribution in [0.4, 0.5) is 0 Å². The van der Waals surface area contributed by atoms with Crippen LogP contribution in [0, 0.1) is 0 Å². The van der Waals surface area contributed by atoms with E-state index in [0.717, 1.165) is 36.0 Å². The van der Waals surface area contributed by atoms with E-state index in [4.69, 9.17) is 0 Å². The highest BCUT2D eigenvalue weighted by Gasteiger charge is 2.25. The maximum Gasteiger partial charge on any atom is 0.256 e. The van der Waals surface area contributed by atoms with Crippen LogP contribution < -0.4 is 5.32 Å². The summed E-state index contributed by atoms with van der Waals surface area (Å²) in [6.07, 6.45) is 4.25. The van der Waals surface area contributed by atoms with E-state index in [9.17, 15) is 4.79 Å². The number of rotatable bonds is 4. The second-order valence-corrected chi connectivity index (χ2v) is 6.09.